The van der Waals surface area contributed by atoms with Crippen LogP contribution in [-0.4, -0.2) is 23.6 Å². The highest BCUT2D eigenvalue weighted by molar-refractivity contribution is 7.12. The fourth-order valence-corrected chi connectivity index (χ4v) is 3.07. The highest BCUT2D eigenvalue weighted by Crippen LogP contribution is 2.28. The van der Waals surface area contributed by atoms with Crippen LogP contribution in [-0.2, 0) is 19.1 Å². The number of carbonyl (C=O) groups is 2. The zero-order valence-electron chi connectivity index (χ0n) is 15.1. The summed E-state index contributed by atoms with van der Waals surface area (Å²) in [5, 5.41) is 0. The molecule has 1 rings (SSSR count). The van der Waals surface area contributed by atoms with Crippen molar-refractivity contribution in [2.24, 2.45) is 5.92 Å². The molecule has 23 heavy (non-hydrogen) atoms. The average Bonchev–Trinajstić information content (AvgIpc) is 2.81. The van der Waals surface area contributed by atoms with Crippen molar-refractivity contribution in [3.63, 3.8) is 0 Å². The van der Waals surface area contributed by atoms with Gasteiger partial charge < -0.3 is 9.47 Å². The number of thiophene rings is 1. The molecule has 0 saturated heterocycles. The van der Waals surface area contributed by atoms with Crippen LogP contribution in [0.5, 0.6) is 0 Å². The van der Waals surface area contributed by atoms with Crippen LogP contribution in [0.3, 0.4) is 0 Å². The van der Waals surface area contributed by atoms with Crippen LogP contribution in [0, 0.1) is 12.8 Å². The van der Waals surface area contributed by atoms with Gasteiger partial charge in [-0.15, -0.1) is 11.3 Å². The normalized spacial score (nSPS) is 15.6. The second-order valence-electron chi connectivity index (χ2n) is 7.07. The number of ether oxygens (including phenoxy) is 2. The van der Waals surface area contributed by atoms with Gasteiger partial charge in [-0.2, -0.15) is 0 Å². The van der Waals surface area contributed by atoms with Crippen molar-refractivity contribution in [2.45, 2.75) is 72.5 Å². The lowest BCUT2D eigenvalue weighted by Crippen LogP contribution is -2.29. The van der Waals surface area contributed by atoms with Gasteiger partial charge in [0.1, 0.15) is 11.7 Å². The Morgan fingerprint density at radius 3 is 2.26 bits per heavy atom. The van der Waals surface area contributed by atoms with E-state index in [2.05, 4.69) is 19.1 Å². The van der Waals surface area contributed by atoms with E-state index in [-0.39, 0.29) is 30.4 Å². The Morgan fingerprint density at radius 2 is 1.78 bits per heavy atom. The van der Waals surface area contributed by atoms with Gasteiger partial charge in [0.25, 0.3) is 0 Å². The van der Waals surface area contributed by atoms with Gasteiger partial charge in [0.05, 0.1) is 12.3 Å². The summed E-state index contributed by atoms with van der Waals surface area (Å²) in [6, 6.07) is 4.13. The molecule has 0 radical (unpaired) electrons. The Morgan fingerprint density at radius 1 is 1.17 bits per heavy atom. The number of hydrogen-bond donors (Lipinski definition) is 0. The lowest BCUT2D eigenvalue weighted by molar-refractivity contribution is -0.163. The summed E-state index contributed by atoms with van der Waals surface area (Å²) in [6.07, 6.45) is -0.198. The minimum atomic E-state index is -0.542. The average molecular weight is 340 g/mol. The van der Waals surface area contributed by atoms with Crippen molar-refractivity contribution < 1.29 is 19.1 Å². The Balaban J connectivity index is 2.52. The van der Waals surface area contributed by atoms with E-state index in [0.29, 0.717) is 0 Å². The third kappa shape index (κ3) is 6.73. The smallest absolute Gasteiger partial charge is 0.309 e. The van der Waals surface area contributed by atoms with Crippen LogP contribution in [0.2, 0.25) is 0 Å². The molecular formula is C18H28O4S. The van der Waals surface area contributed by atoms with Gasteiger partial charge in [-0.3, -0.25) is 9.59 Å². The molecule has 0 aliphatic carbocycles. The second kappa shape index (κ2) is 7.95. The molecule has 0 aromatic carbocycles. The van der Waals surface area contributed by atoms with Crippen LogP contribution in [0.25, 0.3) is 0 Å². The molecule has 0 bridgehead atoms. The van der Waals surface area contributed by atoms with E-state index in [1.807, 2.05) is 13.8 Å². The van der Waals surface area contributed by atoms with Gasteiger partial charge in [-0.1, -0.05) is 13.8 Å². The van der Waals surface area contributed by atoms with Crippen molar-refractivity contribution in [2.75, 3.05) is 0 Å². The van der Waals surface area contributed by atoms with Crippen molar-refractivity contribution in [1.29, 1.82) is 0 Å². The zero-order valence-corrected chi connectivity index (χ0v) is 16.0. The third-order valence-corrected chi connectivity index (χ3v) is 4.71. The molecule has 130 valence electrons. The summed E-state index contributed by atoms with van der Waals surface area (Å²) in [6.45, 7) is 13.1. The molecule has 1 heterocycles. The number of hydrogen-bond acceptors (Lipinski definition) is 5. The molecule has 1 aromatic heterocycles. The molecule has 0 amide bonds. The molecular weight excluding hydrogens is 312 g/mol. The fraction of sp³-hybridized carbons (Fsp3) is 0.667. The lowest BCUT2D eigenvalue weighted by Gasteiger charge is -2.23. The summed E-state index contributed by atoms with van der Waals surface area (Å²) >= 11 is 1.71. The summed E-state index contributed by atoms with van der Waals surface area (Å²) in [7, 11) is 0. The highest BCUT2D eigenvalue weighted by Gasteiger charge is 2.26. The first-order chi connectivity index (χ1) is 10.5. The van der Waals surface area contributed by atoms with Gasteiger partial charge in [-0.25, -0.2) is 0 Å². The Bertz CT molecular complexity index is 541. The molecule has 1 aromatic rings. The van der Waals surface area contributed by atoms with Crippen molar-refractivity contribution in [3.05, 3.63) is 21.9 Å². The first-order valence-electron chi connectivity index (χ1n) is 7.98. The van der Waals surface area contributed by atoms with E-state index < -0.39 is 11.5 Å². The third-order valence-electron chi connectivity index (χ3n) is 3.51. The predicted molar refractivity (Wildman–Crippen MR) is 92.7 cm³/mol. The minimum absolute atomic E-state index is 0.0370. The van der Waals surface area contributed by atoms with E-state index in [9.17, 15) is 9.59 Å². The Hall–Kier alpha value is -1.36. The van der Waals surface area contributed by atoms with E-state index >= 15 is 0 Å². The van der Waals surface area contributed by atoms with E-state index in [4.69, 9.17) is 9.47 Å². The first-order valence-corrected chi connectivity index (χ1v) is 8.80. The SMILES string of the molecule is Cc1ccc([C@H](C)[C@H](C)OC(=O)[C@H](C)CC(=O)OC(C)(C)C)s1. The van der Waals surface area contributed by atoms with Gasteiger partial charge in [0.15, 0.2) is 0 Å². The van der Waals surface area contributed by atoms with Crippen molar-refractivity contribution >= 4 is 23.3 Å². The molecule has 0 saturated carbocycles. The summed E-state index contributed by atoms with van der Waals surface area (Å²) in [5.74, 6) is -1.11. The van der Waals surface area contributed by atoms with E-state index in [1.165, 1.54) is 9.75 Å². The molecule has 0 N–H and O–H groups in total. The van der Waals surface area contributed by atoms with Gasteiger partial charge in [-0.05, 0) is 46.8 Å². The second-order valence-corrected chi connectivity index (χ2v) is 8.39. The summed E-state index contributed by atoms with van der Waals surface area (Å²) in [4.78, 5) is 26.4. The van der Waals surface area contributed by atoms with Crippen LogP contribution < -0.4 is 0 Å². The monoisotopic (exact) mass is 340 g/mol. The molecule has 0 aliphatic heterocycles. The zero-order chi connectivity index (χ0) is 17.8. The maximum absolute atomic E-state index is 12.2. The van der Waals surface area contributed by atoms with Crippen LogP contribution in [0.15, 0.2) is 12.1 Å². The molecule has 4 nitrogen and oxygen atoms in total. The highest BCUT2D eigenvalue weighted by atomic mass is 32.1. The molecule has 0 unspecified atom stereocenters. The molecule has 5 heteroatoms. The maximum Gasteiger partial charge on any atom is 0.309 e. The Labute approximate surface area is 143 Å². The topological polar surface area (TPSA) is 52.6 Å². The van der Waals surface area contributed by atoms with Crippen LogP contribution in [0.1, 0.15) is 63.6 Å². The first kappa shape index (κ1) is 19.7. The number of esters is 2. The van der Waals surface area contributed by atoms with E-state index in [1.54, 1.807) is 39.0 Å². The van der Waals surface area contributed by atoms with Crippen molar-refractivity contribution in [1.82, 2.24) is 0 Å². The fourth-order valence-electron chi connectivity index (χ4n) is 2.05. The van der Waals surface area contributed by atoms with Gasteiger partial charge in [0.2, 0.25) is 0 Å². The number of carbonyl (C=O) groups excluding carboxylic acids is 2. The van der Waals surface area contributed by atoms with Gasteiger partial charge >= 0.3 is 11.9 Å². The molecule has 3 atom stereocenters. The quantitative estimate of drug-likeness (QED) is 0.718. The summed E-state index contributed by atoms with van der Waals surface area (Å²) in [5.41, 5.74) is -0.542. The molecule has 0 spiro atoms. The maximum atomic E-state index is 12.2. The van der Waals surface area contributed by atoms with E-state index in [0.717, 1.165) is 0 Å². The standard InChI is InChI=1S/C18H28O4S/c1-11(10-16(19)22-18(5,6)7)17(20)21-14(4)13(3)15-9-8-12(2)23-15/h8-9,11,13-14H,10H2,1-7H3/t11-,13-,14+/m1/s1. The van der Waals surface area contributed by atoms with Crippen molar-refractivity contribution in [3.8, 4) is 0 Å². The largest absolute Gasteiger partial charge is 0.462 e. The minimum Gasteiger partial charge on any atom is -0.462 e. The number of rotatable bonds is 6. The summed E-state index contributed by atoms with van der Waals surface area (Å²) < 4.78 is 10.8. The number of aryl methyl sites for hydroxylation is 1. The van der Waals surface area contributed by atoms with Crippen LogP contribution in [0.4, 0.5) is 0 Å². The Kier molecular flexibility index (Phi) is 6.81. The predicted octanol–water partition coefficient (Wildman–Crippen LogP) is 4.46. The van der Waals surface area contributed by atoms with Gasteiger partial charge in [0, 0.05) is 15.7 Å². The van der Waals surface area contributed by atoms with Crippen LogP contribution >= 0.6 is 11.3 Å². The molecule has 0 aliphatic rings. The lowest BCUT2D eigenvalue weighted by atomic mass is 10.0. The molecule has 0 fully saturated rings.